The molecule has 0 saturated carbocycles. The Labute approximate surface area is 181 Å². The summed E-state index contributed by atoms with van der Waals surface area (Å²) < 4.78 is 41.1. The molecular formula is C20H25N3O7S. The monoisotopic (exact) mass is 451 g/mol. The van der Waals surface area contributed by atoms with Crippen LogP contribution in [-0.4, -0.2) is 38.9 Å². The number of hydrogen-bond acceptors (Lipinski definition) is 8. The topological polar surface area (TPSA) is 129 Å². The smallest absolute Gasteiger partial charge is 0.315 e. The molecule has 31 heavy (non-hydrogen) atoms. The van der Waals surface area contributed by atoms with Crippen LogP contribution in [0.15, 0.2) is 46.4 Å². The van der Waals surface area contributed by atoms with Gasteiger partial charge < -0.3 is 14.2 Å². The first-order valence-electron chi connectivity index (χ1n) is 9.57. The average molecular weight is 452 g/mol. The summed E-state index contributed by atoms with van der Waals surface area (Å²) in [7, 11) is -3.93. The van der Waals surface area contributed by atoms with Gasteiger partial charge in [0.05, 0.1) is 35.4 Å². The van der Waals surface area contributed by atoms with Crippen LogP contribution < -0.4 is 19.0 Å². The highest BCUT2D eigenvalue weighted by atomic mass is 32.2. The first kappa shape index (κ1) is 23.9. The van der Waals surface area contributed by atoms with E-state index in [1.54, 1.807) is 26.0 Å². The Morgan fingerprint density at radius 2 is 1.77 bits per heavy atom. The number of hydrogen-bond donors (Lipinski definition) is 1. The van der Waals surface area contributed by atoms with E-state index >= 15 is 0 Å². The number of sulfonamides is 1. The zero-order chi connectivity index (χ0) is 23.0. The third-order valence-electron chi connectivity index (χ3n) is 3.74. The number of ether oxygens (including phenoxy) is 3. The molecule has 0 fully saturated rings. The lowest BCUT2D eigenvalue weighted by Crippen LogP contribution is -2.18. The fourth-order valence-corrected chi connectivity index (χ4v) is 3.35. The van der Waals surface area contributed by atoms with Gasteiger partial charge in [0, 0.05) is 11.6 Å². The molecule has 0 radical (unpaired) electrons. The Morgan fingerprint density at radius 3 is 2.32 bits per heavy atom. The SMILES string of the molecule is CCOc1cc(/C=N/NS(=O)(=O)c2ccc(OC(C)C)cc2)cc([N+](=O)[O-])c1OCC. The largest absolute Gasteiger partial charge is 0.491 e. The molecule has 0 aromatic heterocycles. The van der Waals surface area contributed by atoms with E-state index in [1.165, 1.54) is 24.3 Å². The van der Waals surface area contributed by atoms with Gasteiger partial charge in [0.25, 0.3) is 10.0 Å². The highest BCUT2D eigenvalue weighted by molar-refractivity contribution is 7.89. The minimum atomic E-state index is -3.93. The quantitative estimate of drug-likeness (QED) is 0.314. The lowest BCUT2D eigenvalue weighted by molar-refractivity contribution is -0.385. The lowest BCUT2D eigenvalue weighted by atomic mass is 10.2. The zero-order valence-corrected chi connectivity index (χ0v) is 18.5. The van der Waals surface area contributed by atoms with Crippen LogP contribution in [-0.2, 0) is 10.0 Å². The van der Waals surface area contributed by atoms with Crippen LogP contribution in [0.4, 0.5) is 5.69 Å². The predicted octanol–water partition coefficient (Wildman–Crippen LogP) is 3.49. The molecule has 11 heteroatoms. The van der Waals surface area contributed by atoms with Crippen molar-refractivity contribution < 1.29 is 27.6 Å². The maximum absolute atomic E-state index is 12.4. The van der Waals surface area contributed by atoms with Gasteiger partial charge in [-0.25, -0.2) is 4.83 Å². The molecule has 0 bridgehead atoms. The fourth-order valence-electron chi connectivity index (χ4n) is 2.56. The summed E-state index contributed by atoms with van der Waals surface area (Å²) in [6.45, 7) is 7.64. The second kappa shape index (κ2) is 10.6. The first-order valence-corrected chi connectivity index (χ1v) is 11.1. The van der Waals surface area contributed by atoms with Crippen molar-refractivity contribution in [2.24, 2.45) is 5.10 Å². The van der Waals surface area contributed by atoms with E-state index in [4.69, 9.17) is 14.2 Å². The van der Waals surface area contributed by atoms with E-state index in [-0.39, 0.29) is 47.0 Å². The van der Waals surface area contributed by atoms with Crippen LogP contribution in [0, 0.1) is 10.1 Å². The molecular weight excluding hydrogens is 426 g/mol. The summed E-state index contributed by atoms with van der Waals surface area (Å²) in [5.74, 6) is 0.724. The van der Waals surface area contributed by atoms with Crippen LogP contribution in [0.5, 0.6) is 17.2 Å². The van der Waals surface area contributed by atoms with Gasteiger partial charge in [-0.15, -0.1) is 0 Å². The van der Waals surface area contributed by atoms with Gasteiger partial charge in [-0.05, 0) is 58.0 Å². The number of hydrazone groups is 1. The standard InChI is InChI=1S/C20H25N3O7S/c1-5-28-19-12-15(11-18(23(24)25)20(19)29-6-2)13-21-22-31(26,27)17-9-7-16(8-10-17)30-14(3)4/h7-14,22H,5-6H2,1-4H3/b21-13+. The van der Waals surface area contributed by atoms with Gasteiger partial charge in [-0.2, -0.15) is 13.5 Å². The van der Waals surface area contributed by atoms with Gasteiger partial charge in [-0.3, -0.25) is 10.1 Å². The molecule has 2 aromatic carbocycles. The van der Waals surface area contributed by atoms with Crippen molar-refractivity contribution in [3.8, 4) is 17.2 Å². The number of nitrogens with zero attached hydrogens (tertiary/aromatic N) is 2. The Morgan fingerprint density at radius 1 is 1.13 bits per heavy atom. The van der Waals surface area contributed by atoms with Crippen LogP contribution in [0.1, 0.15) is 33.3 Å². The van der Waals surface area contributed by atoms with E-state index in [0.29, 0.717) is 5.75 Å². The van der Waals surface area contributed by atoms with Crippen molar-refractivity contribution in [2.45, 2.75) is 38.7 Å². The zero-order valence-electron chi connectivity index (χ0n) is 17.7. The third kappa shape index (κ3) is 6.57. The van der Waals surface area contributed by atoms with Gasteiger partial charge >= 0.3 is 5.69 Å². The van der Waals surface area contributed by atoms with Crippen molar-refractivity contribution in [3.05, 3.63) is 52.1 Å². The van der Waals surface area contributed by atoms with E-state index in [2.05, 4.69) is 9.93 Å². The number of benzene rings is 2. The molecule has 2 aromatic rings. The van der Waals surface area contributed by atoms with Crippen molar-refractivity contribution in [3.63, 3.8) is 0 Å². The molecule has 2 rings (SSSR count). The highest BCUT2D eigenvalue weighted by Crippen LogP contribution is 2.38. The van der Waals surface area contributed by atoms with Crippen molar-refractivity contribution in [2.75, 3.05) is 13.2 Å². The van der Waals surface area contributed by atoms with E-state index in [0.717, 1.165) is 6.21 Å². The fraction of sp³-hybridized carbons (Fsp3) is 0.350. The molecule has 0 atom stereocenters. The number of rotatable bonds is 11. The van der Waals surface area contributed by atoms with Gasteiger partial charge in [0.1, 0.15) is 5.75 Å². The van der Waals surface area contributed by atoms with Crippen molar-refractivity contribution >= 4 is 21.9 Å². The molecule has 168 valence electrons. The molecule has 0 unspecified atom stereocenters. The third-order valence-corrected chi connectivity index (χ3v) is 4.97. The lowest BCUT2D eigenvalue weighted by Gasteiger charge is -2.12. The average Bonchev–Trinajstić information content (AvgIpc) is 2.69. The van der Waals surface area contributed by atoms with Crippen LogP contribution in [0.3, 0.4) is 0 Å². The summed E-state index contributed by atoms with van der Waals surface area (Å²) >= 11 is 0. The minimum absolute atomic E-state index is 0.00608. The summed E-state index contributed by atoms with van der Waals surface area (Å²) in [5, 5.41) is 15.1. The van der Waals surface area contributed by atoms with E-state index in [9.17, 15) is 18.5 Å². The molecule has 0 heterocycles. The highest BCUT2D eigenvalue weighted by Gasteiger charge is 2.22. The number of nitrogens with one attached hydrogen (secondary N) is 1. The number of nitro groups is 1. The van der Waals surface area contributed by atoms with E-state index in [1.807, 2.05) is 13.8 Å². The molecule has 0 spiro atoms. The Kier molecular flexibility index (Phi) is 8.20. The van der Waals surface area contributed by atoms with Crippen LogP contribution in [0.25, 0.3) is 0 Å². The normalized spacial score (nSPS) is 11.5. The molecule has 10 nitrogen and oxygen atoms in total. The van der Waals surface area contributed by atoms with E-state index < -0.39 is 14.9 Å². The first-order chi connectivity index (χ1) is 14.7. The van der Waals surface area contributed by atoms with Crippen molar-refractivity contribution in [1.29, 1.82) is 0 Å². The predicted molar refractivity (Wildman–Crippen MR) is 116 cm³/mol. The van der Waals surface area contributed by atoms with Gasteiger partial charge in [0.15, 0.2) is 5.75 Å². The number of nitro benzene ring substituents is 1. The Balaban J connectivity index is 2.25. The summed E-state index contributed by atoms with van der Waals surface area (Å²) in [5.41, 5.74) is -0.0418. The second-order valence-corrected chi connectivity index (χ2v) is 8.14. The summed E-state index contributed by atoms with van der Waals surface area (Å²) in [6.07, 6.45) is 1.11. The molecule has 0 aliphatic heterocycles. The maximum atomic E-state index is 12.4. The maximum Gasteiger partial charge on any atom is 0.315 e. The molecule has 0 aliphatic carbocycles. The van der Waals surface area contributed by atoms with Crippen LogP contribution in [0.2, 0.25) is 0 Å². The summed E-state index contributed by atoms with van der Waals surface area (Å²) in [4.78, 5) is 12.9. The second-order valence-electron chi connectivity index (χ2n) is 6.48. The Bertz CT molecular complexity index is 1040. The van der Waals surface area contributed by atoms with Crippen molar-refractivity contribution in [1.82, 2.24) is 4.83 Å². The molecule has 0 aliphatic rings. The van der Waals surface area contributed by atoms with Gasteiger partial charge in [-0.1, -0.05) is 0 Å². The Hall–Kier alpha value is -3.34. The van der Waals surface area contributed by atoms with Gasteiger partial charge in [0.2, 0.25) is 5.75 Å². The minimum Gasteiger partial charge on any atom is -0.491 e. The molecule has 0 amide bonds. The molecule has 1 N–H and O–H groups in total. The summed E-state index contributed by atoms with van der Waals surface area (Å²) in [6, 6.07) is 8.58. The van der Waals surface area contributed by atoms with Crippen LogP contribution >= 0.6 is 0 Å². The molecule has 0 saturated heterocycles.